The smallest absolute Gasteiger partial charge is 0.261 e. The summed E-state index contributed by atoms with van der Waals surface area (Å²) in [7, 11) is 0. The first-order valence-electron chi connectivity index (χ1n) is 10.0. The third-order valence-corrected chi connectivity index (χ3v) is 5.73. The van der Waals surface area contributed by atoms with Crippen LogP contribution in [0.1, 0.15) is 52.7 Å². The Balaban J connectivity index is 1.72. The molecule has 1 aromatic carbocycles. The molecule has 1 aromatic heterocycles. The minimum atomic E-state index is -0.403. The average molecular weight is 430 g/mol. The van der Waals surface area contributed by atoms with Crippen LogP contribution in [0.3, 0.4) is 0 Å². The molecule has 0 saturated carbocycles. The summed E-state index contributed by atoms with van der Waals surface area (Å²) in [6.45, 7) is 11.0. The summed E-state index contributed by atoms with van der Waals surface area (Å²) in [6.07, 6.45) is 0.735. The molecule has 0 atom stereocenters. The summed E-state index contributed by atoms with van der Waals surface area (Å²) in [5.41, 5.74) is 5.10. The number of thiophene rings is 1. The van der Waals surface area contributed by atoms with Crippen molar-refractivity contribution in [3.05, 3.63) is 56.8 Å². The highest BCUT2D eigenvalue weighted by Crippen LogP contribution is 2.27. The molecular weight excluding hydrogens is 398 g/mol. The molecule has 0 fully saturated rings. The van der Waals surface area contributed by atoms with Gasteiger partial charge in [-0.3, -0.25) is 14.4 Å². The van der Waals surface area contributed by atoms with E-state index >= 15 is 0 Å². The van der Waals surface area contributed by atoms with E-state index in [9.17, 15) is 14.4 Å². The van der Waals surface area contributed by atoms with Crippen LogP contribution in [0.4, 0.5) is 0 Å². The lowest BCUT2D eigenvalue weighted by Crippen LogP contribution is -2.42. The lowest BCUT2D eigenvalue weighted by molar-refractivity contribution is -0.125. The summed E-state index contributed by atoms with van der Waals surface area (Å²) < 4.78 is 0. The SMILES string of the molecule is Cc1cc(C(C)(C)C)cc(C)c1CCNC(=O)CNC(=O)CNC(=O)c1cccs1. The van der Waals surface area contributed by atoms with Crippen molar-refractivity contribution in [2.24, 2.45) is 0 Å². The van der Waals surface area contributed by atoms with Crippen LogP contribution in [-0.2, 0) is 21.4 Å². The molecule has 0 spiro atoms. The summed E-state index contributed by atoms with van der Waals surface area (Å²) in [5.74, 6) is -0.957. The van der Waals surface area contributed by atoms with E-state index in [4.69, 9.17) is 0 Å². The van der Waals surface area contributed by atoms with E-state index in [0.717, 1.165) is 6.42 Å². The predicted octanol–water partition coefficient (Wildman–Crippen LogP) is 2.87. The van der Waals surface area contributed by atoms with Crippen molar-refractivity contribution >= 4 is 29.1 Å². The third-order valence-electron chi connectivity index (χ3n) is 4.86. The zero-order valence-electron chi connectivity index (χ0n) is 18.3. The Morgan fingerprint density at radius 1 is 0.933 bits per heavy atom. The number of aryl methyl sites for hydroxylation is 2. The minimum absolute atomic E-state index is 0.101. The minimum Gasteiger partial charge on any atom is -0.354 e. The van der Waals surface area contributed by atoms with Crippen molar-refractivity contribution in [1.82, 2.24) is 16.0 Å². The molecule has 6 nitrogen and oxygen atoms in total. The van der Waals surface area contributed by atoms with Gasteiger partial charge in [-0.2, -0.15) is 0 Å². The highest BCUT2D eigenvalue weighted by molar-refractivity contribution is 7.12. The normalized spacial score (nSPS) is 11.1. The van der Waals surface area contributed by atoms with Crippen molar-refractivity contribution in [3.8, 4) is 0 Å². The molecular formula is C23H31N3O3S. The molecule has 0 aliphatic rings. The summed E-state index contributed by atoms with van der Waals surface area (Å²) >= 11 is 1.30. The predicted molar refractivity (Wildman–Crippen MR) is 121 cm³/mol. The standard InChI is InChI=1S/C23H31N3O3S/c1-15-11-17(23(3,4)5)12-16(2)18(15)8-9-24-20(27)13-25-21(28)14-26-22(29)19-7-6-10-30-19/h6-7,10-12H,8-9,13-14H2,1-5H3,(H,24,27)(H,25,28)(H,26,29). The molecule has 0 radical (unpaired) electrons. The van der Waals surface area contributed by atoms with Gasteiger partial charge in [-0.15, -0.1) is 11.3 Å². The molecule has 0 aliphatic carbocycles. The Hall–Kier alpha value is -2.67. The van der Waals surface area contributed by atoms with E-state index in [1.807, 2.05) is 0 Å². The van der Waals surface area contributed by atoms with Crippen LogP contribution in [0.15, 0.2) is 29.6 Å². The maximum Gasteiger partial charge on any atom is 0.261 e. The second-order valence-electron chi connectivity index (χ2n) is 8.38. The maximum absolute atomic E-state index is 12.0. The van der Waals surface area contributed by atoms with Crippen molar-refractivity contribution in [2.75, 3.05) is 19.6 Å². The zero-order valence-corrected chi connectivity index (χ0v) is 19.2. The molecule has 0 unspecified atom stereocenters. The summed E-state index contributed by atoms with van der Waals surface area (Å²) in [5, 5.41) is 9.67. The van der Waals surface area contributed by atoms with E-state index in [-0.39, 0.29) is 30.3 Å². The number of nitrogens with one attached hydrogen (secondary N) is 3. The van der Waals surface area contributed by atoms with Gasteiger partial charge in [0.2, 0.25) is 11.8 Å². The van der Waals surface area contributed by atoms with Gasteiger partial charge in [0.1, 0.15) is 0 Å². The number of carbonyl (C=O) groups excluding carboxylic acids is 3. The van der Waals surface area contributed by atoms with Crippen LogP contribution < -0.4 is 16.0 Å². The Labute approximate surface area is 182 Å². The Kier molecular flexibility index (Phi) is 8.17. The fourth-order valence-corrected chi connectivity index (χ4v) is 3.75. The maximum atomic E-state index is 12.0. The second kappa shape index (κ2) is 10.4. The largest absolute Gasteiger partial charge is 0.354 e. The number of rotatable bonds is 8. The molecule has 2 rings (SSSR count). The van der Waals surface area contributed by atoms with Crippen molar-refractivity contribution in [1.29, 1.82) is 0 Å². The molecule has 0 aliphatic heterocycles. The van der Waals surface area contributed by atoms with Gasteiger partial charge in [-0.25, -0.2) is 0 Å². The third kappa shape index (κ3) is 6.99. The quantitative estimate of drug-likeness (QED) is 0.603. The van der Waals surface area contributed by atoms with Crippen LogP contribution in [0.5, 0.6) is 0 Å². The first-order chi connectivity index (χ1) is 14.1. The van der Waals surface area contributed by atoms with Gasteiger partial charge in [-0.05, 0) is 59.4 Å². The van der Waals surface area contributed by atoms with Gasteiger partial charge >= 0.3 is 0 Å². The van der Waals surface area contributed by atoms with E-state index < -0.39 is 5.91 Å². The number of amides is 3. The first-order valence-corrected chi connectivity index (χ1v) is 10.9. The van der Waals surface area contributed by atoms with Crippen LogP contribution in [0.25, 0.3) is 0 Å². The van der Waals surface area contributed by atoms with E-state index in [1.54, 1.807) is 17.5 Å². The molecule has 30 heavy (non-hydrogen) atoms. The Bertz CT molecular complexity index is 876. The molecule has 0 saturated heterocycles. The van der Waals surface area contributed by atoms with Gasteiger partial charge in [0, 0.05) is 6.54 Å². The number of hydrogen-bond donors (Lipinski definition) is 3. The highest BCUT2D eigenvalue weighted by atomic mass is 32.1. The number of carbonyl (C=O) groups is 3. The van der Waals surface area contributed by atoms with E-state index in [2.05, 4.69) is 62.7 Å². The van der Waals surface area contributed by atoms with Crippen molar-refractivity contribution in [2.45, 2.75) is 46.5 Å². The summed E-state index contributed by atoms with van der Waals surface area (Å²) in [6, 6.07) is 7.89. The first kappa shape index (κ1) is 23.6. The number of benzene rings is 1. The molecule has 162 valence electrons. The lowest BCUT2D eigenvalue weighted by Gasteiger charge is -2.22. The van der Waals surface area contributed by atoms with Crippen molar-refractivity contribution in [3.63, 3.8) is 0 Å². The van der Waals surface area contributed by atoms with Crippen LogP contribution >= 0.6 is 11.3 Å². The fourth-order valence-electron chi connectivity index (χ4n) is 3.11. The van der Waals surface area contributed by atoms with Gasteiger partial charge in [0.05, 0.1) is 18.0 Å². The summed E-state index contributed by atoms with van der Waals surface area (Å²) in [4.78, 5) is 36.2. The molecule has 2 aromatic rings. The molecule has 1 heterocycles. The molecule has 0 bridgehead atoms. The molecule has 3 amide bonds. The molecule has 3 N–H and O–H groups in total. The van der Waals surface area contributed by atoms with Crippen molar-refractivity contribution < 1.29 is 14.4 Å². The van der Waals surface area contributed by atoms with Crippen LogP contribution in [0.2, 0.25) is 0 Å². The topological polar surface area (TPSA) is 87.3 Å². The zero-order chi connectivity index (χ0) is 22.3. The van der Waals surface area contributed by atoms with Gasteiger partial charge in [-0.1, -0.05) is 39.0 Å². The van der Waals surface area contributed by atoms with Crippen LogP contribution in [-0.4, -0.2) is 37.4 Å². The molecule has 7 heteroatoms. The van der Waals surface area contributed by atoms with E-state index in [1.165, 1.54) is 33.6 Å². The second-order valence-corrected chi connectivity index (χ2v) is 9.32. The van der Waals surface area contributed by atoms with E-state index in [0.29, 0.717) is 11.4 Å². The monoisotopic (exact) mass is 429 g/mol. The van der Waals surface area contributed by atoms with Gasteiger partial charge in [0.25, 0.3) is 5.91 Å². The Morgan fingerprint density at radius 2 is 1.53 bits per heavy atom. The van der Waals surface area contributed by atoms with Gasteiger partial charge in [0.15, 0.2) is 0 Å². The lowest BCUT2D eigenvalue weighted by atomic mass is 9.83. The Morgan fingerprint density at radius 3 is 2.10 bits per heavy atom. The van der Waals surface area contributed by atoms with Gasteiger partial charge < -0.3 is 16.0 Å². The average Bonchev–Trinajstić information content (AvgIpc) is 3.20. The number of hydrogen-bond acceptors (Lipinski definition) is 4. The fraction of sp³-hybridized carbons (Fsp3) is 0.435. The van der Waals surface area contributed by atoms with Crippen LogP contribution in [0, 0.1) is 13.8 Å². The highest BCUT2D eigenvalue weighted by Gasteiger charge is 2.16.